The largest absolute Gasteiger partial charge is 0.473 e. The fourth-order valence-corrected chi connectivity index (χ4v) is 17.6. The molecule has 6 aliphatic rings. The summed E-state index contributed by atoms with van der Waals surface area (Å²) < 4.78 is 32.2. The number of aromatic amines is 1. The normalized spacial score (nSPS) is 36.9. The second kappa shape index (κ2) is 25.9. The number of allylic oxidation sites excluding steroid dienone is 3. The van der Waals surface area contributed by atoms with E-state index in [4.69, 9.17) is 48.2 Å². The van der Waals surface area contributed by atoms with Crippen LogP contribution in [0.15, 0.2) is 57.8 Å². The second-order valence-electron chi connectivity index (χ2n) is 27.7. The molecular weight excluding hydrogens is 1180 g/mol. The highest BCUT2D eigenvalue weighted by Crippen LogP contribution is 2.62. The van der Waals surface area contributed by atoms with Gasteiger partial charge in [-0.25, -0.2) is 14.5 Å². The van der Waals surface area contributed by atoms with Gasteiger partial charge in [-0.3, -0.25) is 42.6 Å². The monoisotopic (exact) mass is 1280 g/mol. The van der Waals surface area contributed by atoms with E-state index in [9.17, 15) is 53.2 Å². The number of nitrogens with two attached hydrogens (primary N) is 6. The van der Waals surface area contributed by atoms with E-state index in [2.05, 4.69) is 51.2 Å². The Hall–Kier alpha value is -6.42. The average Bonchev–Trinajstić information content (AvgIpc) is 1.53. The number of carbonyl (C=O) groups is 7. The lowest BCUT2D eigenvalue weighted by Crippen LogP contribution is -2.64. The SMILES string of the molecule is C/C1=C2/N[C@H]([C@H](CC(N)=O)[C@@]2(C)CCC(=O)N=C[C@@H](C)OP(=O)(O)O[C@H]2[C@@H](O)[C@@H]([n+]3c[nH]c4cc(C)c(C)cc43)O[C@@H]2CO)[C@]2(C)NC(/C(C)=C3\N/C(=C\C4NC1[C@@H](CCC(N)=O)C4(C)C)[C@@H](CCC(N)=O)[C@]3(C)CC(N)=O)[C@@H](CCC(N)=O)[C@]2(C)CC(N)=O. The molecule has 2 aromatic rings. The van der Waals surface area contributed by atoms with Crippen LogP contribution in [0.5, 0.6) is 0 Å². The van der Waals surface area contributed by atoms with E-state index in [1.54, 1.807) is 10.9 Å². The summed E-state index contributed by atoms with van der Waals surface area (Å²) in [5.41, 5.74) is 37.8. The number of H-pyrrole nitrogens is 1. The Morgan fingerprint density at radius 3 is 1.98 bits per heavy atom. The number of rotatable bonds is 25. The van der Waals surface area contributed by atoms with Gasteiger partial charge in [0.05, 0.1) is 6.61 Å². The van der Waals surface area contributed by atoms with E-state index < -0.39 is 156 Å². The number of nitrogens with zero attached hydrogens (tertiary/aromatic N) is 2. The fourth-order valence-electron chi connectivity index (χ4n) is 16.6. The van der Waals surface area contributed by atoms with Crippen LogP contribution < -0.4 is 60.2 Å². The fraction of sp³-hybridized carbons (Fsp3) is 0.661. The molecule has 0 aliphatic carbocycles. The van der Waals surface area contributed by atoms with E-state index in [-0.39, 0.29) is 70.1 Å². The molecule has 1 aromatic heterocycles. The number of phosphoric ester groups is 1. The Kier molecular flexibility index (Phi) is 20.0. The van der Waals surface area contributed by atoms with Gasteiger partial charge < -0.3 is 75.5 Å². The molecule has 20 N–H and O–H groups in total. The van der Waals surface area contributed by atoms with Crippen LogP contribution in [0.4, 0.5) is 0 Å². The van der Waals surface area contributed by atoms with Crippen molar-refractivity contribution in [1.29, 1.82) is 0 Å². The minimum atomic E-state index is -5.10. The Morgan fingerprint density at radius 2 is 1.38 bits per heavy atom. The molecule has 0 saturated carbocycles. The number of primary amides is 6. The van der Waals surface area contributed by atoms with Gasteiger partial charge in [-0.15, -0.1) is 0 Å². The zero-order chi connectivity index (χ0) is 66.7. The van der Waals surface area contributed by atoms with Gasteiger partial charge in [0.2, 0.25) is 53.9 Å². The summed E-state index contributed by atoms with van der Waals surface area (Å²) in [5, 5.41) is 37.3. The van der Waals surface area contributed by atoms with Gasteiger partial charge in [0.1, 0.15) is 24.4 Å². The molecule has 0 spiro atoms. The number of aliphatic imine (C=N–C) groups is 1. The zero-order valence-electron chi connectivity index (χ0n) is 53.5. The number of benzene rings is 1. The number of nitrogens with one attached hydrogen (secondary N) is 5. The van der Waals surface area contributed by atoms with Crippen molar-refractivity contribution in [3.05, 3.63) is 63.9 Å². The summed E-state index contributed by atoms with van der Waals surface area (Å²) >= 11 is 0. The summed E-state index contributed by atoms with van der Waals surface area (Å²) in [5.74, 6) is -6.50. The van der Waals surface area contributed by atoms with E-state index in [0.29, 0.717) is 34.6 Å². The first-order valence-electron chi connectivity index (χ1n) is 31.0. The molecule has 27 nitrogen and oxygen atoms in total. The van der Waals surface area contributed by atoms with Crippen molar-refractivity contribution in [1.82, 2.24) is 26.3 Å². The van der Waals surface area contributed by atoms with Crippen molar-refractivity contribution in [3.63, 3.8) is 0 Å². The molecule has 8 bridgehead atoms. The number of aliphatic hydroxyl groups is 2. The van der Waals surface area contributed by atoms with Crippen LogP contribution in [0, 0.1) is 59.2 Å². The van der Waals surface area contributed by atoms with Crippen molar-refractivity contribution < 1.29 is 71.6 Å². The molecule has 5 saturated heterocycles. The zero-order valence-corrected chi connectivity index (χ0v) is 54.4. The van der Waals surface area contributed by atoms with Gasteiger partial charge in [-0.2, -0.15) is 4.57 Å². The molecular formula is C62H95N13O14P+. The smallest absolute Gasteiger partial charge is 0.394 e. The molecule has 4 unspecified atom stereocenters. The number of aryl methyl sites for hydroxylation is 2. The topological polar surface area (TPSA) is 461 Å². The number of amides is 7. The lowest BCUT2D eigenvalue weighted by atomic mass is 9.56. The van der Waals surface area contributed by atoms with E-state index in [0.717, 1.165) is 28.4 Å². The third-order valence-corrected chi connectivity index (χ3v) is 22.7. The first-order chi connectivity index (χ1) is 41.8. The van der Waals surface area contributed by atoms with Crippen LogP contribution in [-0.4, -0.2) is 128 Å². The molecule has 18 atom stereocenters. The maximum Gasteiger partial charge on any atom is 0.473 e. The Labute approximate surface area is 524 Å². The molecule has 6 aliphatic heterocycles. The molecule has 7 amide bonds. The lowest BCUT2D eigenvalue weighted by Gasteiger charge is -2.49. The van der Waals surface area contributed by atoms with Gasteiger partial charge in [-0.1, -0.05) is 34.6 Å². The van der Waals surface area contributed by atoms with Crippen LogP contribution in [0.2, 0.25) is 0 Å². The summed E-state index contributed by atoms with van der Waals surface area (Å²) in [7, 11) is -5.10. The number of fused-ring (bicyclic) bond motifs is 10. The Balaban J connectivity index is 1.20. The first kappa shape index (κ1) is 69.5. The number of aliphatic hydroxyl groups excluding tert-OH is 2. The number of aromatic nitrogens is 2. The number of imidazole rings is 1. The number of hydrogen-bond donors (Lipinski definition) is 14. The van der Waals surface area contributed by atoms with E-state index in [1.807, 2.05) is 67.5 Å². The quantitative estimate of drug-likeness (QED) is 0.0381. The van der Waals surface area contributed by atoms with Crippen LogP contribution in [0.3, 0.4) is 0 Å². The number of hydrogen-bond acceptors (Lipinski definition) is 17. The molecule has 1 aromatic carbocycles. The van der Waals surface area contributed by atoms with Crippen molar-refractivity contribution in [2.24, 2.45) is 84.7 Å². The summed E-state index contributed by atoms with van der Waals surface area (Å²) in [6.07, 6.45) is -2.40. The van der Waals surface area contributed by atoms with Gasteiger partial charge in [0, 0.05) is 126 Å². The predicted octanol–water partition coefficient (Wildman–Crippen LogP) is 1.62. The average molecular weight is 1280 g/mol. The van der Waals surface area contributed by atoms with E-state index >= 15 is 0 Å². The highest BCUT2D eigenvalue weighted by molar-refractivity contribution is 7.47. The van der Waals surface area contributed by atoms with Crippen LogP contribution >= 0.6 is 7.82 Å². The highest BCUT2D eigenvalue weighted by Gasteiger charge is 2.68. The molecule has 5 fully saturated rings. The number of ether oxygens (including phenoxy) is 1. The molecule has 496 valence electrons. The van der Waals surface area contributed by atoms with E-state index in [1.165, 1.54) is 6.92 Å². The highest BCUT2D eigenvalue weighted by atomic mass is 31.2. The maximum atomic E-state index is 14.3. The first-order valence-corrected chi connectivity index (χ1v) is 32.4. The van der Waals surface area contributed by atoms with Crippen LogP contribution in [-0.2, 0) is 51.9 Å². The second-order valence-corrected chi connectivity index (χ2v) is 29.1. The molecule has 7 heterocycles. The van der Waals surface area contributed by atoms with Crippen molar-refractivity contribution in [2.45, 2.75) is 207 Å². The Morgan fingerprint density at radius 1 is 0.778 bits per heavy atom. The van der Waals surface area contributed by atoms with Crippen LogP contribution in [0.1, 0.15) is 150 Å². The summed E-state index contributed by atoms with van der Waals surface area (Å²) in [6.45, 7) is 20.3. The van der Waals surface area contributed by atoms with Crippen LogP contribution in [0.25, 0.3) is 11.0 Å². The molecule has 28 heteroatoms. The third-order valence-electron chi connectivity index (χ3n) is 21.6. The predicted molar refractivity (Wildman–Crippen MR) is 331 cm³/mol. The summed E-state index contributed by atoms with van der Waals surface area (Å²) in [4.78, 5) is 112. The minimum absolute atomic E-state index is 0.0250. The number of carbonyl (C=O) groups excluding carboxylic acids is 7. The molecule has 8 rings (SSSR count). The third kappa shape index (κ3) is 13.2. The summed E-state index contributed by atoms with van der Waals surface area (Å²) in [6, 6.07) is 1.31. The molecule has 90 heavy (non-hydrogen) atoms. The minimum Gasteiger partial charge on any atom is -0.394 e. The van der Waals surface area contributed by atoms with Gasteiger partial charge in [-0.05, 0) is 125 Å². The number of phosphoric acid groups is 1. The van der Waals surface area contributed by atoms with Crippen molar-refractivity contribution in [2.75, 3.05) is 6.61 Å². The van der Waals surface area contributed by atoms with Crippen molar-refractivity contribution in [3.8, 4) is 0 Å². The van der Waals surface area contributed by atoms with Gasteiger partial charge in [0.25, 0.3) is 0 Å². The Bertz CT molecular complexity index is 3380. The van der Waals surface area contributed by atoms with Gasteiger partial charge >= 0.3 is 7.82 Å². The lowest BCUT2D eigenvalue weighted by molar-refractivity contribution is -0.743. The maximum absolute atomic E-state index is 14.3. The molecule has 0 radical (unpaired) electrons. The standard InChI is InChI=1S/C62H94N13O14P/c1-29-20-39-40(21-30(29)2)75(28-70-39)57-52(84)53(41(27-76)87-57)89-90(85,86)88-31(3)26-69-49(83)18-19-59(8)37(22-46(66)80)56-62(11)61(10,25-48(68)82)36(14-17-45(65)79)51(74-62)33(5)55-60(9,24-47(67)81)34(12-15-43(63)77)38(71-55)23-42-58(6,7)35(13-16-44(64)78)50(72-42)32(4)54(59)73-56/h20-21,23,26,28,31,34-37,41-42,50-53,56-57,71-74,76,84H,12-19,22,24-25,27H2,1-11H3,(H13,63,64,65,66,67,68,77,78,79,80,81,82,85,86)/p+1/b38-23-,54-32-,55-33-,69-26?/t31-,34-,35-,36-,37+,41-,42?,50?,51?,52-,53-,56-,57+,59-,60+,61+,62+/m1/s1. The van der Waals surface area contributed by atoms with Crippen molar-refractivity contribution >= 4 is 66.4 Å². The van der Waals surface area contributed by atoms with Gasteiger partial charge in [0.15, 0.2) is 11.0 Å².